The number of hydrogen-bond donors (Lipinski definition) is 7. The van der Waals surface area contributed by atoms with Crippen molar-refractivity contribution >= 4 is 25.2 Å². The van der Waals surface area contributed by atoms with Crippen LogP contribution in [0, 0.1) is 0 Å². The Hall–Kier alpha value is -0.685. The quantitative estimate of drug-likeness (QED) is 0.238. The maximum atomic E-state index is 10.3. The molecule has 0 unspecified atom stereocenters. The maximum Gasteiger partial charge on any atom is 1.00 e. The molecule has 0 heterocycles. The Labute approximate surface area is 124 Å². The maximum absolute atomic E-state index is 10.3. The Morgan fingerprint density at radius 3 is 1.28 bits per heavy atom. The van der Waals surface area contributed by atoms with Crippen molar-refractivity contribution in [3.8, 4) is 0 Å². The van der Waals surface area contributed by atoms with Gasteiger partial charge in [-0.05, 0) is 0 Å². The van der Waals surface area contributed by atoms with Gasteiger partial charge >= 0.3 is 54.8 Å². The van der Waals surface area contributed by atoms with Crippen LogP contribution in [0.25, 0.3) is 0 Å². The topological polar surface area (TPSA) is 193 Å². The molecule has 0 radical (unpaired) electrons. The molecule has 0 rings (SSSR count). The van der Waals surface area contributed by atoms with Crippen molar-refractivity contribution in [3.63, 3.8) is 0 Å². The summed E-state index contributed by atoms with van der Waals surface area (Å²) in [6.07, 6.45) is -2.29. The fraction of sp³-hybridized carbons (Fsp3) is 0.500. The van der Waals surface area contributed by atoms with E-state index in [0.29, 0.717) is 0 Å². The zero-order valence-electron chi connectivity index (χ0n) is 10.3. The van der Waals surface area contributed by atoms with Crippen molar-refractivity contribution in [1.29, 1.82) is 0 Å². The van der Waals surface area contributed by atoms with Crippen LogP contribution >= 0.6 is 0 Å². The molecule has 0 saturated carbocycles. The smallest absolute Gasteiger partial charge is 1.00 e. The second-order valence-electron chi connectivity index (χ2n) is 2.82. The van der Waals surface area contributed by atoms with E-state index in [0.717, 1.165) is 0 Å². The van der Waals surface area contributed by atoms with Crippen LogP contribution < -0.4 is 29.6 Å². The molecule has 0 aliphatic heterocycles. The van der Waals surface area contributed by atoms with Gasteiger partial charge in [-0.1, -0.05) is 0 Å². The first-order chi connectivity index (χ1) is 7.51. The molecule has 0 aliphatic carbocycles. The Balaban J connectivity index is -0.000000165. The number of rotatable bonds is 5. The van der Waals surface area contributed by atoms with Gasteiger partial charge in [0, 0.05) is 0 Å². The van der Waals surface area contributed by atoms with E-state index in [9.17, 15) is 14.4 Å². The Morgan fingerprint density at radius 2 is 1.17 bits per heavy atom. The molecule has 0 fully saturated rings. The third-order valence-electron chi connectivity index (χ3n) is 1.29. The summed E-state index contributed by atoms with van der Waals surface area (Å²) in [5.41, 5.74) is -2.74. The average Bonchev–Trinajstić information content (AvgIpc) is 1.98. The number of aliphatic hydroxyl groups is 1. The van der Waals surface area contributed by atoms with Gasteiger partial charge in [-0.25, -0.2) is 4.79 Å². The molecular formula is C6H12BNaO10. The number of carbonyl (C=O) groups is 3. The molecule has 0 aromatic rings. The van der Waals surface area contributed by atoms with E-state index in [1.165, 1.54) is 0 Å². The molecule has 0 spiro atoms. The van der Waals surface area contributed by atoms with Crippen LogP contribution in [0.4, 0.5) is 0 Å². The summed E-state index contributed by atoms with van der Waals surface area (Å²) in [4.78, 5) is 30.5. The van der Waals surface area contributed by atoms with Crippen LogP contribution in [0.3, 0.4) is 0 Å². The van der Waals surface area contributed by atoms with Crippen molar-refractivity contribution in [3.05, 3.63) is 0 Å². The van der Waals surface area contributed by atoms with Crippen LogP contribution in [-0.2, 0) is 14.4 Å². The minimum Gasteiger partial charge on any atom is -1.00 e. The van der Waals surface area contributed by atoms with Gasteiger partial charge in [-0.3, -0.25) is 9.59 Å². The van der Waals surface area contributed by atoms with Gasteiger partial charge in [0.15, 0.2) is 5.60 Å². The normalized spacial score (nSPS) is 9.33. The van der Waals surface area contributed by atoms with Crippen molar-refractivity contribution in [2.24, 2.45) is 0 Å². The van der Waals surface area contributed by atoms with E-state index in [2.05, 4.69) is 0 Å². The van der Waals surface area contributed by atoms with Crippen LogP contribution in [0.1, 0.15) is 14.3 Å². The number of carboxylic acids is 3. The Kier molecular flexibility index (Phi) is 12.8. The molecule has 0 aromatic carbocycles. The van der Waals surface area contributed by atoms with Gasteiger partial charge in [0.2, 0.25) is 0 Å². The van der Waals surface area contributed by atoms with E-state index >= 15 is 0 Å². The number of carboxylic acid groups (broad SMARTS) is 3. The van der Waals surface area contributed by atoms with Crippen molar-refractivity contribution in [2.75, 3.05) is 0 Å². The molecule has 18 heavy (non-hydrogen) atoms. The largest absolute Gasteiger partial charge is 1.00 e. The summed E-state index contributed by atoms with van der Waals surface area (Å²) in [7, 11) is -2.17. The molecule has 10 nitrogen and oxygen atoms in total. The number of aliphatic carboxylic acids is 3. The summed E-state index contributed by atoms with van der Waals surface area (Å²) in [6.45, 7) is 0. The van der Waals surface area contributed by atoms with Crippen LogP contribution in [0.5, 0.6) is 0 Å². The summed E-state index contributed by atoms with van der Waals surface area (Å²) >= 11 is 0. The zero-order valence-corrected chi connectivity index (χ0v) is 11.3. The van der Waals surface area contributed by atoms with Gasteiger partial charge < -0.3 is 36.9 Å². The van der Waals surface area contributed by atoms with E-state index in [1.807, 2.05) is 0 Å². The molecule has 0 saturated heterocycles. The predicted octanol–water partition coefficient (Wildman–Crippen LogP) is -6.18. The first kappa shape index (κ1) is 22.5. The summed E-state index contributed by atoms with van der Waals surface area (Å²) in [5, 5.41) is 55.3. The molecule has 0 bridgehead atoms. The second-order valence-corrected chi connectivity index (χ2v) is 2.82. The molecule has 100 valence electrons. The molecule has 0 atom stereocenters. The number of hydrogen-bond acceptors (Lipinski definition) is 7. The van der Waals surface area contributed by atoms with E-state index in [1.54, 1.807) is 0 Å². The van der Waals surface area contributed by atoms with E-state index in [4.69, 9.17) is 35.5 Å². The molecule has 12 heteroatoms. The standard InChI is InChI=1S/C6H8O7.BH3O3.Na.H/c7-3(8)1-6(13,5(11)12)2-4(9)10;2-1(3)4;;/h13H,1-2H2,(H,7,8)(H,9,10)(H,11,12);2-4H;;/q;;+1;-1. The van der Waals surface area contributed by atoms with Gasteiger partial charge in [-0.15, -0.1) is 0 Å². The summed E-state index contributed by atoms with van der Waals surface area (Å²) < 4.78 is 0. The Bertz CT molecular complexity index is 279. The van der Waals surface area contributed by atoms with Crippen LogP contribution in [0.15, 0.2) is 0 Å². The minimum absolute atomic E-state index is 0. The van der Waals surface area contributed by atoms with Gasteiger partial charge in [0.1, 0.15) is 0 Å². The third-order valence-corrected chi connectivity index (χ3v) is 1.29. The van der Waals surface area contributed by atoms with Crippen molar-refractivity contribution < 1.29 is 80.9 Å². The van der Waals surface area contributed by atoms with Crippen LogP contribution in [0.2, 0.25) is 0 Å². The molecule has 0 amide bonds. The van der Waals surface area contributed by atoms with Gasteiger partial charge in [0.25, 0.3) is 0 Å². The second kappa shape index (κ2) is 10.3. The monoisotopic (exact) mass is 278 g/mol. The van der Waals surface area contributed by atoms with Gasteiger partial charge in [-0.2, -0.15) is 0 Å². The Morgan fingerprint density at radius 1 is 0.944 bits per heavy atom. The zero-order chi connectivity index (χ0) is 14.2. The fourth-order valence-corrected chi connectivity index (χ4v) is 0.714. The molecule has 7 N–H and O–H groups in total. The van der Waals surface area contributed by atoms with E-state index < -0.39 is 43.7 Å². The average molecular weight is 278 g/mol. The molecular weight excluding hydrogens is 266 g/mol. The molecule has 0 aliphatic rings. The van der Waals surface area contributed by atoms with Gasteiger partial charge in [0.05, 0.1) is 12.8 Å². The third kappa shape index (κ3) is 13.4. The first-order valence-corrected chi connectivity index (χ1v) is 3.95. The first-order valence-electron chi connectivity index (χ1n) is 3.95. The summed E-state index contributed by atoms with van der Waals surface area (Å²) in [5.74, 6) is -5.02. The van der Waals surface area contributed by atoms with E-state index in [-0.39, 0.29) is 31.0 Å². The summed E-state index contributed by atoms with van der Waals surface area (Å²) in [6, 6.07) is 0. The van der Waals surface area contributed by atoms with Crippen molar-refractivity contribution in [2.45, 2.75) is 18.4 Å². The fourth-order valence-electron chi connectivity index (χ4n) is 0.714. The molecule has 0 aromatic heterocycles. The van der Waals surface area contributed by atoms with Crippen molar-refractivity contribution in [1.82, 2.24) is 0 Å². The van der Waals surface area contributed by atoms with Crippen LogP contribution in [-0.4, -0.2) is 66.3 Å². The minimum atomic E-state index is -2.74. The SMILES string of the molecule is O=C(O)CC(O)(CC(=O)O)C(=O)O.OB(O)O.[H-].[Na+]. The predicted molar refractivity (Wildman–Crippen MR) is 50.6 cm³/mol.